The van der Waals surface area contributed by atoms with E-state index in [1.807, 2.05) is 0 Å². The van der Waals surface area contributed by atoms with Crippen LogP contribution in [0.3, 0.4) is 0 Å². The van der Waals surface area contributed by atoms with E-state index >= 15 is 0 Å². The van der Waals surface area contributed by atoms with Crippen molar-refractivity contribution in [1.29, 1.82) is 0 Å². The Bertz CT molecular complexity index is 1870. The van der Waals surface area contributed by atoms with E-state index in [-0.39, 0.29) is 87.2 Å². The first-order chi connectivity index (χ1) is 16.9. The average molecular weight is 568 g/mol. The Balaban J connectivity index is 0.00000200. The Kier molecular flexibility index (Phi) is 8.66. The van der Waals surface area contributed by atoms with Crippen molar-refractivity contribution >= 4 is 59.6 Å². The van der Waals surface area contributed by atoms with Gasteiger partial charge in [0.1, 0.15) is 20.2 Å². The monoisotopic (exact) mass is 568 g/mol. The smallest absolute Gasteiger partial charge is 0.744 e. The van der Waals surface area contributed by atoms with Crippen molar-refractivity contribution in [2.75, 3.05) is 11.1 Å². The van der Waals surface area contributed by atoms with Gasteiger partial charge in [-0.3, -0.25) is 9.59 Å². The fraction of sp³-hybridized carbons (Fsp3) is 0. The van der Waals surface area contributed by atoms with Crippen LogP contribution in [0.25, 0.3) is 10.8 Å². The van der Waals surface area contributed by atoms with E-state index in [9.17, 15) is 35.5 Å². The van der Waals surface area contributed by atoms with Gasteiger partial charge in [-0.2, -0.15) is 0 Å². The van der Waals surface area contributed by atoms with Gasteiger partial charge in [-0.05, 0) is 29.7 Å². The van der Waals surface area contributed by atoms with Gasteiger partial charge in [0.2, 0.25) is 0 Å². The van der Waals surface area contributed by atoms with Crippen LogP contribution in [0.15, 0.2) is 76.5 Å². The van der Waals surface area contributed by atoms with Crippen LogP contribution in [0, 0.1) is 0 Å². The van der Waals surface area contributed by atoms with Crippen LogP contribution in [0.1, 0.15) is 31.8 Å². The fourth-order valence-electron chi connectivity index (χ4n) is 4.27. The molecule has 4 aromatic carbocycles. The molecule has 0 amide bonds. The predicted octanol–water partition coefficient (Wildman–Crippen LogP) is -3.24. The van der Waals surface area contributed by atoms with Crippen molar-refractivity contribution in [3.05, 3.63) is 89.0 Å². The van der Waals surface area contributed by atoms with Gasteiger partial charge in [0.25, 0.3) is 0 Å². The number of carbonyl (C=O) groups is 2. The quantitative estimate of drug-likeness (QED) is 0.127. The van der Waals surface area contributed by atoms with Crippen LogP contribution in [-0.4, -0.2) is 37.5 Å². The number of fused-ring (bicyclic) bond motifs is 3. The Morgan fingerprint density at radius 3 is 1.87 bits per heavy atom. The number of nitrogen functional groups attached to an aromatic ring is 1. The number of rotatable bonds is 4. The Morgan fingerprint density at radius 2 is 1.29 bits per heavy atom. The minimum atomic E-state index is -5.14. The summed E-state index contributed by atoms with van der Waals surface area (Å²) in [5.74, 6) is -1.32. The summed E-state index contributed by atoms with van der Waals surface area (Å²) in [4.78, 5) is 25.4. The standard InChI is InChI=1S/C24H16N2O8S2.2Na/c25-22-19(36(32,33)34)11-18(20-21(22)24(28)16-6-2-1-5-15(16)23(20)27)26-17-7-3-4-12-10-13(35(29,30)31)8-9-14(12)17;;/h1-11,26H,25H2,(H,29,30,31)(H,32,33,34);;/q;2*+1/p-2. The molecular formula is C24H14N2Na2O8S2. The molecule has 14 heteroatoms. The molecule has 0 unspecified atom stereocenters. The third-order valence-corrected chi connectivity index (χ3v) is 7.59. The topological polar surface area (TPSA) is 187 Å². The molecule has 10 nitrogen and oxygen atoms in total. The largest absolute Gasteiger partial charge is 1.00 e. The van der Waals surface area contributed by atoms with Gasteiger partial charge in [0, 0.05) is 22.2 Å². The van der Waals surface area contributed by atoms with Gasteiger partial charge in [0.15, 0.2) is 11.6 Å². The molecule has 0 saturated carbocycles. The maximum absolute atomic E-state index is 13.4. The minimum absolute atomic E-state index is 0. The summed E-state index contributed by atoms with van der Waals surface area (Å²) in [5, 5.41) is 3.66. The zero-order valence-corrected chi connectivity index (χ0v) is 25.6. The molecule has 1 aliphatic carbocycles. The summed E-state index contributed by atoms with van der Waals surface area (Å²) in [6, 6.07) is 15.1. The summed E-state index contributed by atoms with van der Waals surface area (Å²) < 4.78 is 70.1. The number of carbonyl (C=O) groups excluding carboxylic acids is 2. The average Bonchev–Trinajstić information content (AvgIpc) is 2.82. The molecule has 0 aromatic heterocycles. The molecular weight excluding hydrogens is 554 g/mol. The molecule has 5 rings (SSSR count). The molecule has 38 heavy (non-hydrogen) atoms. The van der Waals surface area contributed by atoms with Gasteiger partial charge in [-0.15, -0.1) is 0 Å². The number of nitrogens with one attached hydrogen (secondary N) is 1. The Hall–Kier alpha value is -2.10. The van der Waals surface area contributed by atoms with Gasteiger partial charge >= 0.3 is 59.1 Å². The minimum Gasteiger partial charge on any atom is -0.744 e. The summed E-state index contributed by atoms with van der Waals surface area (Å²) in [6.45, 7) is 0. The van der Waals surface area contributed by atoms with E-state index in [0.29, 0.717) is 10.8 Å². The first-order valence-corrected chi connectivity index (χ1v) is 13.1. The molecule has 0 atom stereocenters. The first-order valence-electron chi connectivity index (χ1n) is 10.2. The Morgan fingerprint density at radius 1 is 0.684 bits per heavy atom. The van der Waals surface area contributed by atoms with Crippen molar-refractivity contribution in [2.24, 2.45) is 0 Å². The summed E-state index contributed by atoms with van der Waals surface area (Å²) in [5.41, 5.74) is 4.93. The molecule has 0 bridgehead atoms. The van der Waals surface area contributed by atoms with Crippen LogP contribution in [0.5, 0.6) is 0 Å². The van der Waals surface area contributed by atoms with E-state index in [4.69, 9.17) is 5.73 Å². The van der Waals surface area contributed by atoms with Crippen LogP contribution < -0.4 is 70.2 Å². The maximum atomic E-state index is 13.4. The van der Waals surface area contributed by atoms with Crippen LogP contribution >= 0.6 is 0 Å². The van der Waals surface area contributed by atoms with Gasteiger partial charge in [0.05, 0.1) is 32.3 Å². The number of hydrogen-bond acceptors (Lipinski definition) is 10. The number of ketones is 2. The SMILES string of the molecule is Nc1c(S(=O)(=O)[O-])cc(Nc2cccc3cc(S(=O)(=O)[O-])ccc23)c2c1C(=O)c1ccccc1C2=O.[Na+].[Na+]. The zero-order valence-electron chi connectivity index (χ0n) is 20.0. The molecule has 0 spiro atoms. The van der Waals surface area contributed by atoms with Crippen molar-refractivity contribution < 1.29 is 94.6 Å². The molecule has 0 saturated heterocycles. The summed E-state index contributed by atoms with van der Waals surface area (Å²) in [7, 11) is -9.86. The van der Waals surface area contributed by atoms with Crippen molar-refractivity contribution in [2.45, 2.75) is 9.79 Å². The summed E-state index contributed by atoms with van der Waals surface area (Å²) in [6.07, 6.45) is 0. The number of anilines is 3. The van der Waals surface area contributed by atoms with Gasteiger partial charge in [-0.25, -0.2) is 16.8 Å². The van der Waals surface area contributed by atoms with E-state index in [1.165, 1.54) is 36.4 Å². The second-order valence-corrected chi connectivity index (χ2v) is 10.7. The third-order valence-electron chi connectivity index (χ3n) is 5.88. The predicted molar refractivity (Wildman–Crippen MR) is 127 cm³/mol. The van der Waals surface area contributed by atoms with Crippen molar-refractivity contribution in [3.8, 4) is 0 Å². The molecule has 4 aromatic rings. The molecule has 1 aliphatic rings. The fourth-order valence-corrected chi connectivity index (χ4v) is 5.41. The first kappa shape index (κ1) is 30.4. The normalized spacial score (nSPS) is 12.7. The van der Waals surface area contributed by atoms with E-state index in [1.54, 1.807) is 18.2 Å². The van der Waals surface area contributed by atoms with Gasteiger partial charge in [-0.1, -0.05) is 42.5 Å². The van der Waals surface area contributed by atoms with Crippen LogP contribution in [-0.2, 0) is 20.2 Å². The summed E-state index contributed by atoms with van der Waals surface area (Å²) >= 11 is 0. The van der Waals surface area contributed by atoms with E-state index in [2.05, 4.69) is 5.32 Å². The molecule has 0 fully saturated rings. The van der Waals surface area contributed by atoms with Crippen molar-refractivity contribution in [1.82, 2.24) is 0 Å². The number of hydrogen-bond donors (Lipinski definition) is 2. The van der Waals surface area contributed by atoms with Crippen molar-refractivity contribution in [3.63, 3.8) is 0 Å². The number of nitrogens with two attached hydrogens (primary N) is 1. The molecule has 3 N–H and O–H groups in total. The van der Waals surface area contributed by atoms with Gasteiger partial charge < -0.3 is 20.2 Å². The van der Waals surface area contributed by atoms with E-state index in [0.717, 1.165) is 12.1 Å². The second-order valence-electron chi connectivity index (χ2n) is 8.01. The molecule has 0 aliphatic heterocycles. The second kappa shape index (κ2) is 10.8. The van der Waals surface area contributed by atoms with E-state index < -0.39 is 52.8 Å². The molecule has 0 radical (unpaired) electrons. The Labute approximate surface area is 261 Å². The molecule has 0 heterocycles. The van der Waals surface area contributed by atoms with Crippen LogP contribution in [0.4, 0.5) is 17.1 Å². The molecule has 182 valence electrons. The zero-order chi connectivity index (χ0) is 26.0. The maximum Gasteiger partial charge on any atom is 1.00 e. The van der Waals surface area contributed by atoms with Crippen LogP contribution in [0.2, 0.25) is 0 Å². The third kappa shape index (κ3) is 5.21. The number of benzene rings is 4.